The van der Waals surface area contributed by atoms with Gasteiger partial charge in [0.25, 0.3) is 5.85 Å². The third-order valence-electron chi connectivity index (χ3n) is 2.02. The van der Waals surface area contributed by atoms with Crippen molar-refractivity contribution < 1.29 is 19.8 Å². The number of hydrogen-bond donors (Lipinski definition) is 4. The summed E-state index contributed by atoms with van der Waals surface area (Å²) >= 11 is 0. The first-order valence-corrected chi connectivity index (χ1v) is 4.64. The third-order valence-corrected chi connectivity index (χ3v) is 2.02. The minimum absolute atomic E-state index is 0.282. The van der Waals surface area contributed by atoms with Gasteiger partial charge in [-0.25, -0.2) is 9.69 Å². The molecule has 0 rings (SSSR count). The summed E-state index contributed by atoms with van der Waals surface area (Å²) in [6.45, 7) is 3.53. The number of amides is 1. The van der Waals surface area contributed by atoms with Crippen LogP contribution >= 0.6 is 0 Å². The standard InChI is InChI=1S/C8H17N3O4/c1-3-11(4-2)8(15,7(13)14)10-6(12)5-9/h15H,3-5,9H2,1-2H3,(H,10,12)(H,13,14). The molecule has 0 aliphatic heterocycles. The predicted octanol–water partition coefficient (Wildman–Crippen LogP) is -1.87. The molecule has 0 saturated heterocycles. The van der Waals surface area contributed by atoms with Crippen LogP contribution < -0.4 is 11.1 Å². The normalized spacial score (nSPS) is 14.7. The third kappa shape index (κ3) is 3.15. The van der Waals surface area contributed by atoms with E-state index in [2.05, 4.69) is 0 Å². The summed E-state index contributed by atoms with van der Waals surface area (Å²) in [5.41, 5.74) is 5.03. The number of carboxylic acids is 1. The van der Waals surface area contributed by atoms with Crippen LogP contribution in [0.5, 0.6) is 0 Å². The van der Waals surface area contributed by atoms with Crippen LogP contribution in [0.1, 0.15) is 13.8 Å². The van der Waals surface area contributed by atoms with E-state index in [1.165, 1.54) is 4.90 Å². The van der Waals surface area contributed by atoms with Crippen LogP contribution in [0, 0.1) is 0 Å². The number of carbonyl (C=O) groups is 2. The van der Waals surface area contributed by atoms with Gasteiger partial charge in [-0.05, 0) is 0 Å². The van der Waals surface area contributed by atoms with Crippen LogP contribution in [0.4, 0.5) is 0 Å². The molecule has 1 amide bonds. The van der Waals surface area contributed by atoms with Crippen LogP contribution in [-0.4, -0.2) is 52.5 Å². The topological polar surface area (TPSA) is 116 Å². The number of carboxylic acid groups (broad SMARTS) is 1. The molecule has 88 valence electrons. The van der Waals surface area contributed by atoms with E-state index in [4.69, 9.17) is 10.8 Å². The van der Waals surface area contributed by atoms with E-state index in [9.17, 15) is 14.7 Å². The molecule has 0 heterocycles. The van der Waals surface area contributed by atoms with Gasteiger partial charge in [-0.15, -0.1) is 0 Å². The first kappa shape index (κ1) is 13.8. The van der Waals surface area contributed by atoms with E-state index in [1.807, 2.05) is 5.32 Å². The molecule has 0 aromatic heterocycles. The summed E-state index contributed by atoms with van der Waals surface area (Å²) in [4.78, 5) is 23.1. The molecule has 0 aromatic carbocycles. The van der Waals surface area contributed by atoms with Crippen LogP contribution in [0.2, 0.25) is 0 Å². The zero-order chi connectivity index (χ0) is 12.1. The van der Waals surface area contributed by atoms with Gasteiger partial charge in [-0.1, -0.05) is 13.8 Å². The molecule has 0 aromatic rings. The summed E-state index contributed by atoms with van der Waals surface area (Å²) in [7, 11) is 0. The molecule has 1 unspecified atom stereocenters. The fourth-order valence-electron chi connectivity index (χ4n) is 1.19. The van der Waals surface area contributed by atoms with E-state index in [1.54, 1.807) is 13.8 Å². The number of nitrogens with two attached hydrogens (primary N) is 1. The number of rotatable bonds is 6. The number of nitrogens with one attached hydrogen (secondary N) is 1. The molecule has 7 nitrogen and oxygen atoms in total. The van der Waals surface area contributed by atoms with Gasteiger partial charge in [0.2, 0.25) is 5.91 Å². The number of aliphatic hydroxyl groups is 1. The molecule has 0 bridgehead atoms. The maximum absolute atomic E-state index is 11.0. The van der Waals surface area contributed by atoms with Crippen molar-refractivity contribution in [1.82, 2.24) is 10.2 Å². The molecule has 15 heavy (non-hydrogen) atoms. The number of nitrogens with zero attached hydrogens (tertiary/aromatic N) is 1. The van der Waals surface area contributed by atoms with E-state index in [0.29, 0.717) is 0 Å². The zero-order valence-corrected chi connectivity index (χ0v) is 8.86. The van der Waals surface area contributed by atoms with Crippen molar-refractivity contribution in [3.05, 3.63) is 0 Å². The Bertz CT molecular complexity index is 242. The Morgan fingerprint density at radius 1 is 1.40 bits per heavy atom. The molecule has 0 aliphatic rings. The van der Waals surface area contributed by atoms with Crippen molar-refractivity contribution in [1.29, 1.82) is 0 Å². The Morgan fingerprint density at radius 3 is 2.13 bits per heavy atom. The van der Waals surface area contributed by atoms with Crippen molar-refractivity contribution in [2.24, 2.45) is 5.73 Å². The molecule has 0 fully saturated rings. The molecule has 0 spiro atoms. The first-order valence-electron chi connectivity index (χ1n) is 4.64. The highest BCUT2D eigenvalue weighted by molar-refractivity contribution is 5.86. The molecular formula is C8H17N3O4. The van der Waals surface area contributed by atoms with Crippen molar-refractivity contribution in [3.8, 4) is 0 Å². The van der Waals surface area contributed by atoms with Gasteiger partial charge >= 0.3 is 5.97 Å². The summed E-state index contributed by atoms with van der Waals surface area (Å²) in [5.74, 6) is -4.65. The van der Waals surface area contributed by atoms with Gasteiger partial charge < -0.3 is 21.3 Å². The minimum atomic E-state index is -2.39. The van der Waals surface area contributed by atoms with Crippen LogP contribution in [0.3, 0.4) is 0 Å². The monoisotopic (exact) mass is 219 g/mol. The Morgan fingerprint density at radius 2 is 1.87 bits per heavy atom. The summed E-state index contributed by atoms with van der Waals surface area (Å²) in [6, 6.07) is 0. The number of carbonyl (C=O) groups excluding carboxylic acids is 1. The molecule has 5 N–H and O–H groups in total. The predicted molar refractivity (Wildman–Crippen MR) is 52.7 cm³/mol. The van der Waals surface area contributed by atoms with Gasteiger partial charge in [0.15, 0.2) is 0 Å². The quantitative estimate of drug-likeness (QED) is 0.389. The minimum Gasteiger partial charge on any atom is -0.477 e. The van der Waals surface area contributed by atoms with Gasteiger partial charge in [0.05, 0.1) is 6.54 Å². The lowest BCUT2D eigenvalue weighted by Crippen LogP contribution is -2.66. The Labute approximate surface area is 87.9 Å². The fourth-order valence-corrected chi connectivity index (χ4v) is 1.19. The van der Waals surface area contributed by atoms with E-state index >= 15 is 0 Å². The smallest absolute Gasteiger partial charge is 0.374 e. The van der Waals surface area contributed by atoms with Crippen molar-refractivity contribution in [2.75, 3.05) is 19.6 Å². The van der Waals surface area contributed by atoms with Crippen molar-refractivity contribution in [2.45, 2.75) is 19.7 Å². The molecule has 0 saturated carbocycles. The lowest BCUT2D eigenvalue weighted by Gasteiger charge is -2.34. The van der Waals surface area contributed by atoms with Crippen molar-refractivity contribution in [3.63, 3.8) is 0 Å². The lowest BCUT2D eigenvalue weighted by atomic mass is 10.3. The van der Waals surface area contributed by atoms with E-state index < -0.39 is 17.7 Å². The van der Waals surface area contributed by atoms with Gasteiger partial charge in [-0.3, -0.25) is 4.79 Å². The number of aliphatic carboxylic acids is 1. The Balaban J connectivity index is 4.87. The molecule has 0 radical (unpaired) electrons. The van der Waals surface area contributed by atoms with E-state index in [-0.39, 0.29) is 19.6 Å². The van der Waals surface area contributed by atoms with Crippen LogP contribution in [-0.2, 0) is 9.59 Å². The van der Waals surface area contributed by atoms with Gasteiger partial charge in [0.1, 0.15) is 0 Å². The maximum Gasteiger partial charge on any atom is 0.374 e. The second-order valence-corrected chi connectivity index (χ2v) is 2.90. The van der Waals surface area contributed by atoms with Crippen LogP contribution in [0.25, 0.3) is 0 Å². The van der Waals surface area contributed by atoms with Crippen molar-refractivity contribution >= 4 is 11.9 Å². The first-order chi connectivity index (χ1) is 6.92. The summed E-state index contributed by atoms with van der Waals surface area (Å²) in [5, 5.41) is 20.6. The SMILES string of the molecule is CCN(CC)C(O)(NC(=O)CN)C(=O)O. The molecule has 1 atom stereocenters. The lowest BCUT2D eigenvalue weighted by molar-refractivity contribution is -0.192. The number of likely N-dealkylation sites (N-methyl/N-ethyl adjacent to an activating group) is 1. The largest absolute Gasteiger partial charge is 0.477 e. The average Bonchev–Trinajstić information content (AvgIpc) is 2.19. The summed E-state index contributed by atoms with van der Waals surface area (Å²) in [6.07, 6.45) is 0. The van der Waals surface area contributed by atoms with Gasteiger partial charge in [-0.2, -0.15) is 0 Å². The Kier molecular flexibility index (Phi) is 5.20. The fraction of sp³-hybridized carbons (Fsp3) is 0.750. The second kappa shape index (κ2) is 5.64. The van der Waals surface area contributed by atoms with Gasteiger partial charge in [0, 0.05) is 13.1 Å². The highest BCUT2D eigenvalue weighted by atomic mass is 16.4. The summed E-state index contributed by atoms with van der Waals surface area (Å²) < 4.78 is 0. The molecule has 7 heteroatoms. The number of hydrogen-bond acceptors (Lipinski definition) is 5. The highest BCUT2D eigenvalue weighted by Crippen LogP contribution is 2.08. The zero-order valence-electron chi connectivity index (χ0n) is 8.86. The highest BCUT2D eigenvalue weighted by Gasteiger charge is 2.42. The molecule has 0 aliphatic carbocycles. The second-order valence-electron chi connectivity index (χ2n) is 2.90. The molecular weight excluding hydrogens is 202 g/mol. The van der Waals surface area contributed by atoms with Crippen LogP contribution in [0.15, 0.2) is 0 Å². The maximum atomic E-state index is 11.0. The average molecular weight is 219 g/mol. The van der Waals surface area contributed by atoms with E-state index in [0.717, 1.165) is 0 Å². The Hall–Kier alpha value is -1.18.